The molecule has 0 aromatic carbocycles. The maximum atomic E-state index is 12.0. The summed E-state index contributed by atoms with van der Waals surface area (Å²) in [7, 11) is 0. The first-order chi connectivity index (χ1) is 9.16. The van der Waals surface area contributed by atoms with E-state index in [1.54, 1.807) is 5.38 Å². The van der Waals surface area contributed by atoms with Gasteiger partial charge in [0.2, 0.25) is 5.91 Å². The second kappa shape index (κ2) is 6.70. The second-order valence-electron chi connectivity index (χ2n) is 5.08. The molecule has 0 atom stereocenters. The molecular weight excluding hydrogens is 262 g/mol. The van der Waals surface area contributed by atoms with Crippen molar-refractivity contribution in [3.05, 3.63) is 17.0 Å². The predicted molar refractivity (Wildman–Crippen MR) is 75.7 cm³/mol. The van der Waals surface area contributed by atoms with E-state index in [9.17, 15) is 9.59 Å². The number of carbonyl (C=O) groups excluding carboxylic acids is 1. The molecule has 1 amide bonds. The fourth-order valence-corrected chi connectivity index (χ4v) is 3.38. The topological polar surface area (TPSA) is 66.4 Å². The van der Waals surface area contributed by atoms with E-state index >= 15 is 0 Å². The molecule has 0 aliphatic heterocycles. The highest BCUT2D eigenvalue weighted by atomic mass is 32.1. The lowest BCUT2D eigenvalue weighted by molar-refractivity contribution is -0.117. The van der Waals surface area contributed by atoms with Crippen LogP contribution >= 0.6 is 11.3 Å². The number of carboxylic acids is 1. The van der Waals surface area contributed by atoms with Gasteiger partial charge in [-0.1, -0.05) is 25.7 Å². The molecule has 1 aromatic rings. The summed E-state index contributed by atoms with van der Waals surface area (Å²) in [5, 5.41) is 13.9. The van der Waals surface area contributed by atoms with E-state index in [2.05, 4.69) is 5.32 Å². The van der Waals surface area contributed by atoms with Gasteiger partial charge >= 0.3 is 5.97 Å². The summed E-state index contributed by atoms with van der Waals surface area (Å²) in [5.74, 6) is -0.599. The van der Waals surface area contributed by atoms with Crippen LogP contribution in [0.5, 0.6) is 0 Å². The summed E-state index contributed by atoms with van der Waals surface area (Å²) in [6, 6.07) is 1.52. The van der Waals surface area contributed by atoms with Gasteiger partial charge in [0.05, 0.1) is 5.56 Å². The molecule has 19 heavy (non-hydrogen) atoms. The van der Waals surface area contributed by atoms with Crippen molar-refractivity contribution in [1.29, 1.82) is 0 Å². The number of hydrogen-bond donors (Lipinski definition) is 2. The van der Waals surface area contributed by atoms with E-state index in [0.717, 1.165) is 12.8 Å². The first-order valence-corrected chi connectivity index (χ1v) is 7.65. The Hall–Kier alpha value is -1.36. The number of hydrogen-bond acceptors (Lipinski definition) is 3. The minimum atomic E-state index is -0.994. The molecule has 0 bridgehead atoms. The molecule has 1 heterocycles. The van der Waals surface area contributed by atoms with E-state index in [1.165, 1.54) is 43.1 Å². The lowest BCUT2D eigenvalue weighted by Crippen LogP contribution is -2.17. The van der Waals surface area contributed by atoms with Gasteiger partial charge in [0.1, 0.15) is 5.00 Å². The smallest absolute Gasteiger partial charge is 0.338 e. The van der Waals surface area contributed by atoms with E-state index in [4.69, 9.17) is 5.11 Å². The number of aromatic carboxylic acids is 1. The Labute approximate surface area is 116 Å². The number of anilines is 1. The number of amides is 1. The van der Waals surface area contributed by atoms with Crippen LogP contribution in [0, 0.1) is 5.92 Å². The summed E-state index contributed by atoms with van der Waals surface area (Å²) in [6.45, 7) is 0. The van der Waals surface area contributed by atoms with Gasteiger partial charge in [-0.05, 0) is 30.2 Å². The minimum Gasteiger partial charge on any atom is -0.478 e. The quantitative estimate of drug-likeness (QED) is 0.826. The number of nitrogens with one attached hydrogen (secondary N) is 1. The largest absolute Gasteiger partial charge is 0.478 e. The van der Waals surface area contributed by atoms with Crippen LogP contribution in [0.1, 0.15) is 55.3 Å². The molecule has 104 valence electrons. The Bertz CT molecular complexity index is 447. The predicted octanol–water partition coefficient (Wildman–Crippen LogP) is 3.75. The molecule has 4 nitrogen and oxygen atoms in total. The van der Waals surface area contributed by atoms with E-state index in [-0.39, 0.29) is 11.5 Å². The SMILES string of the molecule is O=C(CC1CCCCCC1)Nc1sccc1C(=O)O. The van der Waals surface area contributed by atoms with Crippen LogP contribution in [0.2, 0.25) is 0 Å². The van der Waals surface area contributed by atoms with Gasteiger partial charge < -0.3 is 10.4 Å². The highest BCUT2D eigenvalue weighted by Gasteiger charge is 2.18. The fourth-order valence-electron chi connectivity index (χ4n) is 2.58. The molecule has 1 saturated carbocycles. The third-order valence-corrected chi connectivity index (χ3v) is 4.43. The van der Waals surface area contributed by atoms with Gasteiger partial charge in [-0.3, -0.25) is 4.79 Å². The van der Waals surface area contributed by atoms with Crippen molar-refractivity contribution >= 4 is 28.2 Å². The van der Waals surface area contributed by atoms with Gasteiger partial charge in [-0.15, -0.1) is 11.3 Å². The van der Waals surface area contributed by atoms with Crippen LogP contribution in [0.4, 0.5) is 5.00 Å². The molecule has 0 spiro atoms. The van der Waals surface area contributed by atoms with Crippen LogP contribution in [0.25, 0.3) is 0 Å². The van der Waals surface area contributed by atoms with Crippen molar-refractivity contribution in [3.8, 4) is 0 Å². The molecule has 2 rings (SSSR count). The molecule has 5 heteroatoms. The molecule has 0 unspecified atom stereocenters. The van der Waals surface area contributed by atoms with Crippen molar-refractivity contribution < 1.29 is 14.7 Å². The number of carbonyl (C=O) groups is 2. The molecule has 0 saturated heterocycles. The summed E-state index contributed by atoms with van der Waals surface area (Å²) >= 11 is 1.26. The summed E-state index contributed by atoms with van der Waals surface area (Å²) in [6.07, 6.45) is 7.69. The van der Waals surface area contributed by atoms with E-state index in [0.29, 0.717) is 17.3 Å². The summed E-state index contributed by atoms with van der Waals surface area (Å²) in [5.41, 5.74) is 0.180. The Morgan fingerprint density at radius 2 is 1.95 bits per heavy atom. The lowest BCUT2D eigenvalue weighted by Gasteiger charge is -2.13. The van der Waals surface area contributed by atoms with Crippen LogP contribution in [0.15, 0.2) is 11.4 Å². The van der Waals surface area contributed by atoms with E-state index < -0.39 is 5.97 Å². The van der Waals surface area contributed by atoms with Gasteiger partial charge in [0.25, 0.3) is 0 Å². The zero-order chi connectivity index (χ0) is 13.7. The molecule has 0 radical (unpaired) electrons. The van der Waals surface area contributed by atoms with Crippen molar-refractivity contribution in [2.24, 2.45) is 5.92 Å². The van der Waals surface area contributed by atoms with Gasteiger partial charge in [-0.25, -0.2) is 4.79 Å². The van der Waals surface area contributed by atoms with Gasteiger partial charge in [-0.2, -0.15) is 0 Å². The number of thiophene rings is 1. The van der Waals surface area contributed by atoms with Crippen LogP contribution in [0.3, 0.4) is 0 Å². The monoisotopic (exact) mass is 281 g/mol. The zero-order valence-corrected chi connectivity index (χ0v) is 11.7. The maximum absolute atomic E-state index is 12.0. The van der Waals surface area contributed by atoms with Crippen molar-refractivity contribution in [3.63, 3.8) is 0 Å². The van der Waals surface area contributed by atoms with Crippen molar-refractivity contribution in [2.45, 2.75) is 44.9 Å². The Morgan fingerprint density at radius 3 is 2.58 bits per heavy atom. The Balaban J connectivity index is 1.89. The fraction of sp³-hybridized carbons (Fsp3) is 0.571. The third-order valence-electron chi connectivity index (χ3n) is 3.60. The molecular formula is C14H19NO3S. The number of rotatable bonds is 4. The molecule has 1 fully saturated rings. The van der Waals surface area contributed by atoms with Crippen LogP contribution in [-0.4, -0.2) is 17.0 Å². The van der Waals surface area contributed by atoms with Crippen molar-refractivity contribution in [1.82, 2.24) is 0 Å². The standard InChI is InChI=1S/C14H19NO3S/c16-12(9-10-5-3-1-2-4-6-10)15-13-11(14(17)18)7-8-19-13/h7-8,10H,1-6,9H2,(H,15,16)(H,17,18). The maximum Gasteiger partial charge on any atom is 0.338 e. The molecule has 1 aliphatic rings. The number of carboxylic acid groups (broad SMARTS) is 1. The Morgan fingerprint density at radius 1 is 1.26 bits per heavy atom. The molecule has 1 aromatic heterocycles. The first-order valence-electron chi connectivity index (χ1n) is 6.77. The zero-order valence-electron chi connectivity index (χ0n) is 10.9. The molecule has 1 aliphatic carbocycles. The van der Waals surface area contributed by atoms with Gasteiger partial charge in [0.15, 0.2) is 0 Å². The van der Waals surface area contributed by atoms with Gasteiger partial charge in [0, 0.05) is 6.42 Å². The van der Waals surface area contributed by atoms with Crippen LogP contribution < -0.4 is 5.32 Å². The second-order valence-corrected chi connectivity index (χ2v) is 5.99. The van der Waals surface area contributed by atoms with E-state index in [1.807, 2.05) is 0 Å². The average Bonchev–Trinajstić information content (AvgIpc) is 2.66. The summed E-state index contributed by atoms with van der Waals surface area (Å²) < 4.78 is 0. The highest BCUT2D eigenvalue weighted by Crippen LogP contribution is 2.27. The highest BCUT2D eigenvalue weighted by molar-refractivity contribution is 7.14. The van der Waals surface area contributed by atoms with Crippen molar-refractivity contribution in [2.75, 3.05) is 5.32 Å². The van der Waals surface area contributed by atoms with Crippen LogP contribution in [-0.2, 0) is 4.79 Å². The lowest BCUT2D eigenvalue weighted by atomic mass is 9.96. The average molecular weight is 281 g/mol. The minimum absolute atomic E-state index is 0.0585. The normalized spacial score (nSPS) is 16.8. The Kier molecular flexibility index (Phi) is 4.96. The summed E-state index contributed by atoms with van der Waals surface area (Å²) in [4.78, 5) is 22.9. The first kappa shape index (κ1) is 14.1. The third kappa shape index (κ3) is 4.06. The molecule has 2 N–H and O–H groups in total.